The topological polar surface area (TPSA) is 102 Å². The Morgan fingerprint density at radius 1 is 1.22 bits per heavy atom. The fourth-order valence-corrected chi connectivity index (χ4v) is 3.51. The van der Waals surface area contributed by atoms with E-state index in [1.165, 1.54) is 35.6 Å². The number of thiazole rings is 1. The van der Waals surface area contributed by atoms with Gasteiger partial charge >= 0.3 is 0 Å². The van der Waals surface area contributed by atoms with Gasteiger partial charge in [0, 0.05) is 6.26 Å². The fourth-order valence-electron chi connectivity index (χ4n) is 1.79. The van der Waals surface area contributed by atoms with Gasteiger partial charge in [-0.2, -0.15) is 0 Å². The Hall–Kier alpha value is -2.10. The molecule has 0 unspecified atom stereocenters. The third-order valence-electron chi connectivity index (χ3n) is 2.87. The van der Waals surface area contributed by atoms with E-state index in [1.54, 1.807) is 6.07 Å². The summed E-state index contributed by atoms with van der Waals surface area (Å²) < 4.78 is 23.8. The predicted molar refractivity (Wildman–Crippen MR) is 87.7 cm³/mol. The van der Waals surface area contributed by atoms with E-state index in [2.05, 4.69) is 20.5 Å². The summed E-state index contributed by atoms with van der Waals surface area (Å²) in [6.45, 7) is 0. The molecular weight excluding hydrogens is 360 g/mol. The quantitative estimate of drug-likeness (QED) is 0.761. The number of sulfone groups is 1. The molecule has 3 rings (SSSR count). The van der Waals surface area contributed by atoms with Crippen molar-refractivity contribution in [2.75, 3.05) is 11.6 Å². The molecule has 3 aromatic rings. The Balaban J connectivity index is 1.89. The molecule has 7 nitrogen and oxygen atoms in total. The van der Waals surface area contributed by atoms with Crippen molar-refractivity contribution in [2.45, 2.75) is 4.90 Å². The minimum Gasteiger partial charge on any atom is -0.296 e. The van der Waals surface area contributed by atoms with E-state index >= 15 is 0 Å². The Morgan fingerprint density at radius 2 is 2.00 bits per heavy atom. The fraction of sp³-hybridized carbons (Fsp3) is 0.0769. The zero-order valence-electron chi connectivity index (χ0n) is 11.6. The third kappa shape index (κ3) is 3.46. The monoisotopic (exact) mass is 368 g/mol. The molecule has 2 aromatic heterocycles. The summed E-state index contributed by atoms with van der Waals surface area (Å²) in [5, 5.41) is 10.4. The molecule has 0 aliphatic rings. The zero-order valence-corrected chi connectivity index (χ0v) is 14.0. The van der Waals surface area contributed by atoms with Crippen LogP contribution in [-0.4, -0.2) is 35.8 Å². The van der Waals surface area contributed by atoms with Crippen LogP contribution in [0.5, 0.6) is 0 Å². The average Bonchev–Trinajstić information content (AvgIpc) is 2.88. The summed E-state index contributed by atoms with van der Waals surface area (Å²) in [5.74, 6) is -0.475. The summed E-state index contributed by atoms with van der Waals surface area (Å²) in [7, 11) is -3.29. The van der Waals surface area contributed by atoms with Gasteiger partial charge < -0.3 is 0 Å². The molecule has 118 valence electrons. The number of halogens is 1. The second-order valence-corrected chi connectivity index (χ2v) is 8.05. The van der Waals surface area contributed by atoms with Gasteiger partial charge in [-0.1, -0.05) is 22.9 Å². The van der Waals surface area contributed by atoms with Crippen LogP contribution in [0.2, 0.25) is 5.15 Å². The van der Waals surface area contributed by atoms with Gasteiger partial charge in [0.05, 0.1) is 15.1 Å². The lowest BCUT2D eigenvalue weighted by atomic mass is 10.3. The average molecular weight is 369 g/mol. The van der Waals surface area contributed by atoms with Crippen molar-refractivity contribution >= 4 is 54.0 Å². The highest BCUT2D eigenvalue weighted by atomic mass is 35.5. The van der Waals surface area contributed by atoms with E-state index in [0.29, 0.717) is 15.3 Å². The number of rotatable bonds is 3. The van der Waals surface area contributed by atoms with E-state index < -0.39 is 15.7 Å². The number of benzene rings is 1. The Morgan fingerprint density at radius 3 is 2.65 bits per heavy atom. The maximum absolute atomic E-state index is 12.0. The summed E-state index contributed by atoms with van der Waals surface area (Å²) in [6.07, 6.45) is 1.14. The SMILES string of the molecule is CS(=O)(=O)c1ccc2nc(NC(=O)c3ccc(Cl)nn3)sc2c1. The van der Waals surface area contributed by atoms with Crippen LogP contribution in [0.3, 0.4) is 0 Å². The van der Waals surface area contributed by atoms with E-state index in [1.807, 2.05) is 0 Å². The first-order chi connectivity index (χ1) is 10.8. The smallest absolute Gasteiger partial charge is 0.277 e. The van der Waals surface area contributed by atoms with Gasteiger partial charge in [0.25, 0.3) is 5.91 Å². The van der Waals surface area contributed by atoms with Crippen molar-refractivity contribution in [2.24, 2.45) is 0 Å². The van der Waals surface area contributed by atoms with Gasteiger partial charge in [0.2, 0.25) is 0 Å². The molecule has 1 aromatic carbocycles. The number of carbonyl (C=O) groups excluding carboxylic acids is 1. The van der Waals surface area contributed by atoms with Crippen LogP contribution in [0.1, 0.15) is 10.5 Å². The molecular formula is C13H9ClN4O3S2. The van der Waals surface area contributed by atoms with Crippen molar-refractivity contribution < 1.29 is 13.2 Å². The van der Waals surface area contributed by atoms with Gasteiger partial charge in [0.15, 0.2) is 25.8 Å². The molecule has 0 bridgehead atoms. The number of aromatic nitrogens is 3. The highest BCUT2D eigenvalue weighted by Gasteiger charge is 2.14. The van der Waals surface area contributed by atoms with Gasteiger partial charge in [-0.3, -0.25) is 10.1 Å². The van der Waals surface area contributed by atoms with Crippen molar-refractivity contribution in [3.63, 3.8) is 0 Å². The highest BCUT2D eigenvalue weighted by Crippen LogP contribution is 2.28. The number of anilines is 1. The number of hydrogen-bond acceptors (Lipinski definition) is 7. The summed E-state index contributed by atoms with van der Waals surface area (Å²) in [5.41, 5.74) is 0.699. The molecule has 0 aliphatic heterocycles. The number of nitrogens with zero attached hydrogens (tertiary/aromatic N) is 3. The molecule has 10 heteroatoms. The van der Waals surface area contributed by atoms with Crippen molar-refractivity contribution in [1.82, 2.24) is 15.2 Å². The van der Waals surface area contributed by atoms with Crippen LogP contribution in [-0.2, 0) is 9.84 Å². The summed E-state index contributed by atoms with van der Waals surface area (Å²) in [4.78, 5) is 16.5. The Kier molecular flexibility index (Phi) is 4.00. The highest BCUT2D eigenvalue weighted by molar-refractivity contribution is 7.90. The molecule has 0 spiro atoms. The first kappa shape index (κ1) is 15.8. The van der Waals surface area contributed by atoms with Crippen LogP contribution in [0.15, 0.2) is 35.2 Å². The van der Waals surface area contributed by atoms with Crippen LogP contribution in [0.25, 0.3) is 10.2 Å². The minimum absolute atomic E-state index is 0.102. The molecule has 1 N–H and O–H groups in total. The summed E-state index contributed by atoms with van der Waals surface area (Å²) >= 11 is 6.79. The molecule has 0 saturated carbocycles. The molecule has 23 heavy (non-hydrogen) atoms. The first-order valence-electron chi connectivity index (χ1n) is 6.24. The Bertz CT molecular complexity index is 1000. The Labute approximate surface area is 140 Å². The maximum atomic E-state index is 12.0. The zero-order chi connectivity index (χ0) is 16.6. The molecule has 0 saturated heterocycles. The number of fused-ring (bicyclic) bond motifs is 1. The lowest BCUT2D eigenvalue weighted by molar-refractivity contribution is 0.102. The third-order valence-corrected chi connectivity index (χ3v) is 5.12. The minimum atomic E-state index is -3.29. The van der Waals surface area contributed by atoms with E-state index in [0.717, 1.165) is 6.26 Å². The van der Waals surface area contributed by atoms with Crippen LogP contribution >= 0.6 is 22.9 Å². The van der Waals surface area contributed by atoms with E-state index in [4.69, 9.17) is 11.6 Å². The molecule has 0 fully saturated rings. The first-order valence-corrected chi connectivity index (χ1v) is 9.33. The number of amides is 1. The summed E-state index contributed by atoms with van der Waals surface area (Å²) in [6, 6.07) is 7.51. The number of carbonyl (C=O) groups is 1. The van der Waals surface area contributed by atoms with E-state index in [-0.39, 0.29) is 15.7 Å². The van der Waals surface area contributed by atoms with Crippen molar-refractivity contribution in [3.05, 3.63) is 41.2 Å². The van der Waals surface area contributed by atoms with Crippen LogP contribution in [0.4, 0.5) is 5.13 Å². The maximum Gasteiger partial charge on any atom is 0.277 e. The standard InChI is InChI=1S/C13H9ClN4O3S2/c1-23(20,21)7-2-3-8-10(6-7)22-13(15-8)16-12(19)9-4-5-11(14)18-17-9/h2-6H,1H3,(H,15,16,19). The van der Waals surface area contributed by atoms with Crippen molar-refractivity contribution in [1.29, 1.82) is 0 Å². The lowest BCUT2D eigenvalue weighted by Gasteiger charge is -1.99. The molecule has 1 amide bonds. The predicted octanol–water partition coefficient (Wildman–Crippen LogP) is 2.40. The van der Waals surface area contributed by atoms with Crippen molar-refractivity contribution in [3.8, 4) is 0 Å². The normalized spacial score (nSPS) is 11.6. The lowest BCUT2D eigenvalue weighted by Crippen LogP contribution is -2.13. The molecule has 0 atom stereocenters. The van der Waals surface area contributed by atoms with E-state index in [9.17, 15) is 13.2 Å². The number of nitrogens with one attached hydrogen (secondary N) is 1. The number of hydrogen-bond donors (Lipinski definition) is 1. The largest absolute Gasteiger partial charge is 0.296 e. The van der Waals surface area contributed by atoms with Gasteiger partial charge in [-0.15, -0.1) is 10.2 Å². The van der Waals surface area contributed by atoms with Gasteiger partial charge in [-0.05, 0) is 30.3 Å². The van der Waals surface area contributed by atoms with Gasteiger partial charge in [0.1, 0.15) is 0 Å². The van der Waals surface area contributed by atoms with Crippen LogP contribution < -0.4 is 5.32 Å². The van der Waals surface area contributed by atoms with Crippen LogP contribution in [0, 0.1) is 0 Å². The molecule has 0 aliphatic carbocycles. The second-order valence-electron chi connectivity index (χ2n) is 4.62. The second kappa shape index (κ2) is 5.84. The molecule has 2 heterocycles. The molecule has 0 radical (unpaired) electrons. The van der Waals surface area contributed by atoms with Gasteiger partial charge in [-0.25, -0.2) is 13.4 Å².